The van der Waals surface area contributed by atoms with Crippen LogP contribution in [0, 0.1) is 11.3 Å². The monoisotopic (exact) mass is 532 g/mol. The molecular weight excluding hydrogens is 492 g/mol. The van der Waals surface area contributed by atoms with Crippen LogP contribution in [-0.4, -0.2) is 63.8 Å². The Morgan fingerprint density at radius 1 is 1.28 bits per heavy atom. The van der Waals surface area contributed by atoms with Gasteiger partial charge < -0.3 is 14.1 Å². The van der Waals surface area contributed by atoms with E-state index in [1.54, 1.807) is 41.3 Å². The minimum absolute atomic E-state index is 0.00779. The Hall–Kier alpha value is -2.23. The molecule has 1 amide bonds. The van der Waals surface area contributed by atoms with Crippen LogP contribution in [0.5, 0.6) is 0 Å². The highest BCUT2D eigenvalue weighted by Gasteiger charge is 2.55. The first kappa shape index (κ1) is 28.3. The zero-order valence-corrected chi connectivity index (χ0v) is 24.2. The molecule has 0 N–H and O–H groups in total. The standard InChI is InChI=1S/C27H40N2O5SSi/c1-8-15-29(21(2)31)25-18-23(34-36(6,7)26(3,4)5)17-22-14-16-28(19-27(22,25)20-30)35(32,33)24-12-10-9-11-13-24/h8-13,18,20,22,25H,1,14-17,19H2,2-7H3/t22-,25-,27+/m0/s1. The van der Waals surface area contributed by atoms with E-state index in [1.165, 1.54) is 11.2 Å². The van der Waals surface area contributed by atoms with Gasteiger partial charge in [-0.1, -0.05) is 45.0 Å². The molecule has 0 unspecified atom stereocenters. The first-order chi connectivity index (χ1) is 16.7. The lowest BCUT2D eigenvalue weighted by Crippen LogP contribution is -2.63. The molecule has 0 bridgehead atoms. The van der Waals surface area contributed by atoms with Gasteiger partial charge in [-0.2, -0.15) is 4.31 Å². The van der Waals surface area contributed by atoms with E-state index in [4.69, 9.17) is 4.43 Å². The van der Waals surface area contributed by atoms with Crippen LogP contribution in [0.25, 0.3) is 0 Å². The third kappa shape index (κ3) is 5.24. The van der Waals surface area contributed by atoms with Crippen molar-refractivity contribution in [2.24, 2.45) is 11.3 Å². The number of piperidine rings is 1. The quantitative estimate of drug-likeness (QED) is 0.278. The average Bonchev–Trinajstić information content (AvgIpc) is 2.81. The Morgan fingerprint density at radius 2 is 1.92 bits per heavy atom. The molecule has 3 rings (SSSR count). The molecule has 198 valence electrons. The smallest absolute Gasteiger partial charge is 0.250 e. The lowest BCUT2D eigenvalue weighted by Gasteiger charge is -2.53. The molecule has 1 fully saturated rings. The van der Waals surface area contributed by atoms with E-state index in [-0.39, 0.29) is 34.8 Å². The SMILES string of the molecule is C=CCN(C(C)=O)[C@H]1C=C(O[Si](C)(C)C(C)(C)C)C[C@@H]2CCN(S(=O)(=O)c3ccccc3)C[C@@]21C=O. The van der Waals surface area contributed by atoms with Gasteiger partial charge in [0.25, 0.3) is 0 Å². The largest absolute Gasteiger partial charge is 0.547 e. The van der Waals surface area contributed by atoms with Gasteiger partial charge >= 0.3 is 0 Å². The number of hydrogen-bond donors (Lipinski definition) is 0. The summed E-state index contributed by atoms with van der Waals surface area (Å²) in [7, 11) is -5.97. The number of carbonyl (C=O) groups is 2. The van der Waals surface area contributed by atoms with Gasteiger partial charge in [0.15, 0.2) is 0 Å². The van der Waals surface area contributed by atoms with Gasteiger partial charge in [-0.25, -0.2) is 8.42 Å². The van der Waals surface area contributed by atoms with Gasteiger partial charge in [0.1, 0.15) is 6.29 Å². The zero-order chi connectivity index (χ0) is 26.9. The third-order valence-corrected chi connectivity index (χ3v) is 14.4. The number of hydrogen-bond acceptors (Lipinski definition) is 5. The summed E-state index contributed by atoms with van der Waals surface area (Å²) < 4.78 is 35.1. The summed E-state index contributed by atoms with van der Waals surface area (Å²) in [6.45, 7) is 16.7. The van der Waals surface area contributed by atoms with Crippen molar-refractivity contribution < 1.29 is 22.4 Å². The summed E-state index contributed by atoms with van der Waals surface area (Å²) in [6.07, 6.45) is 5.45. The minimum atomic E-state index is -3.80. The number of sulfonamides is 1. The van der Waals surface area contributed by atoms with Gasteiger partial charge in [0, 0.05) is 33.0 Å². The van der Waals surface area contributed by atoms with Crippen molar-refractivity contribution in [3.05, 3.63) is 54.8 Å². The summed E-state index contributed by atoms with van der Waals surface area (Å²) in [6, 6.07) is 7.64. The van der Waals surface area contributed by atoms with E-state index >= 15 is 0 Å². The fourth-order valence-electron chi connectivity index (χ4n) is 5.01. The number of rotatable bonds is 8. The predicted octanol–water partition coefficient (Wildman–Crippen LogP) is 4.60. The molecule has 1 aromatic carbocycles. The molecule has 0 aromatic heterocycles. The van der Waals surface area contributed by atoms with Crippen LogP contribution < -0.4 is 0 Å². The predicted molar refractivity (Wildman–Crippen MR) is 144 cm³/mol. The van der Waals surface area contributed by atoms with E-state index in [2.05, 4.69) is 40.4 Å². The number of amides is 1. The molecule has 1 heterocycles. The number of fused-ring (bicyclic) bond motifs is 1. The van der Waals surface area contributed by atoms with Crippen LogP contribution in [0.3, 0.4) is 0 Å². The van der Waals surface area contributed by atoms with E-state index < -0.39 is 29.8 Å². The zero-order valence-electron chi connectivity index (χ0n) is 22.4. The van der Waals surface area contributed by atoms with Gasteiger partial charge in [-0.15, -0.1) is 6.58 Å². The molecule has 0 spiro atoms. The van der Waals surface area contributed by atoms with Crippen molar-refractivity contribution in [1.82, 2.24) is 9.21 Å². The average molecular weight is 533 g/mol. The van der Waals surface area contributed by atoms with E-state index in [0.717, 1.165) is 12.0 Å². The number of carbonyl (C=O) groups excluding carboxylic acids is 2. The van der Waals surface area contributed by atoms with Gasteiger partial charge in [-0.05, 0) is 48.7 Å². The summed E-state index contributed by atoms with van der Waals surface area (Å²) in [5, 5.41) is -0.0168. The lowest BCUT2D eigenvalue weighted by atomic mass is 9.62. The third-order valence-electron chi connectivity index (χ3n) is 8.14. The molecule has 1 aliphatic heterocycles. The van der Waals surface area contributed by atoms with E-state index in [9.17, 15) is 18.0 Å². The lowest BCUT2D eigenvalue weighted by molar-refractivity contribution is -0.139. The van der Waals surface area contributed by atoms with Crippen molar-refractivity contribution in [2.45, 2.75) is 69.6 Å². The van der Waals surface area contributed by atoms with Crippen LogP contribution >= 0.6 is 0 Å². The topological polar surface area (TPSA) is 84.0 Å². The normalized spacial score (nSPS) is 25.3. The van der Waals surface area contributed by atoms with Gasteiger partial charge in [0.05, 0.1) is 22.1 Å². The minimum Gasteiger partial charge on any atom is -0.547 e. The number of nitrogens with zero attached hydrogens (tertiary/aromatic N) is 2. The fourth-order valence-corrected chi connectivity index (χ4v) is 7.67. The summed E-state index contributed by atoms with van der Waals surface area (Å²) in [5.74, 6) is 0.440. The molecule has 1 aliphatic carbocycles. The maximum atomic E-state index is 13.5. The second kappa shape index (κ2) is 10.3. The van der Waals surface area contributed by atoms with Crippen molar-refractivity contribution in [3.8, 4) is 0 Å². The van der Waals surface area contributed by atoms with Crippen LogP contribution in [0.4, 0.5) is 0 Å². The molecule has 36 heavy (non-hydrogen) atoms. The number of allylic oxidation sites excluding steroid dienone is 1. The van der Waals surface area contributed by atoms with Crippen LogP contribution in [0.15, 0.2) is 59.7 Å². The Morgan fingerprint density at radius 3 is 2.44 bits per heavy atom. The van der Waals surface area contributed by atoms with Crippen molar-refractivity contribution in [3.63, 3.8) is 0 Å². The molecule has 0 saturated carbocycles. The number of benzene rings is 1. The molecule has 9 heteroatoms. The van der Waals surface area contributed by atoms with Crippen LogP contribution in [0.2, 0.25) is 18.1 Å². The van der Waals surface area contributed by atoms with Crippen molar-refractivity contribution in [1.29, 1.82) is 0 Å². The Balaban J connectivity index is 2.10. The first-order valence-corrected chi connectivity index (χ1v) is 16.8. The van der Waals surface area contributed by atoms with Crippen LogP contribution in [-0.2, 0) is 24.0 Å². The highest BCUT2D eigenvalue weighted by Crippen LogP contribution is 2.49. The second-order valence-electron chi connectivity index (χ2n) is 11.5. The van der Waals surface area contributed by atoms with Crippen molar-refractivity contribution in [2.75, 3.05) is 19.6 Å². The highest BCUT2D eigenvalue weighted by molar-refractivity contribution is 7.89. The molecule has 3 atom stereocenters. The van der Waals surface area contributed by atoms with E-state index in [1.807, 2.05) is 6.08 Å². The fraction of sp³-hybridized carbons (Fsp3) is 0.556. The molecular formula is C27H40N2O5SSi. The molecule has 7 nitrogen and oxygen atoms in total. The van der Waals surface area contributed by atoms with Gasteiger partial charge in [0.2, 0.25) is 24.2 Å². The first-order valence-electron chi connectivity index (χ1n) is 12.5. The van der Waals surface area contributed by atoms with Crippen LogP contribution in [0.1, 0.15) is 40.5 Å². The van der Waals surface area contributed by atoms with E-state index in [0.29, 0.717) is 19.4 Å². The van der Waals surface area contributed by atoms with Crippen molar-refractivity contribution >= 4 is 30.5 Å². The Kier molecular flexibility index (Phi) is 8.08. The molecule has 1 aromatic rings. The summed E-state index contributed by atoms with van der Waals surface area (Å²) >= 11 is 0. The molecule has 0 radical (unpaired) electrons. The molecule has 2 aliphatic rings. The number of aldehydes is 1. The molecule has 1 saturated heterocycles. The Labute approximate surface area is 217 Å². The second-order valence-corrected chi connectivity index (χ2v) is 18.1. The highest BCUT2D eigenvalue weighted by atomic mass is 32.2. The Bertz CT molecular complexity index is 1130. The summed E-state index contributed by atoms with van der Waals surface area (Å²) in [4.78, 5) is 27.6. The van der Waals surface area contributed by atoms with Gasteiger partial charge in [-0.3, -0.25) is 4.79 Å². The summed E-state index contributed by atoms with van der Waals surface area (Å²) in [5.41, 5.74) is -1.09. The maximum Gasteiger partial charge on any atom is 0.250 e. The maximum absolute atomic E-state index is 13.5.